The van der Waals surface area contributed by atoms with Gasteiger partial charge in [0.25, 0.3) is 0 Å². The van der Waals surface area contributed by atoms with E-state index in [1.54, 1.807) is 13.8 Å². The largest absolute Gasteiger partial charge is 0.452 e. The van der Waals surface area contributed by atoms with Gasteiger partial charge >= 0.3 is 11.9 Å². The van der Waals surface area contributed by atoms with Crippen LogP contribution in [0.5, 0.6) is 0 Å². The predicted molar refractivity (Wildman–Crippen MR) is 59.8 cm³/mol. The number of epoxide rings is 2. The molecule has 0 radical (unpaired) electrons. The number of carbonyl (C=O) groups is 2. The number of ether oxygens (including phenoxy) is 4. The second-order valence-corrected chi connectivity index (χ2v) is 5.05. The van der Waals surface area contributed by atoms with Gasteiger partial charge in [0.2, 0.25) is 0 Å². The molecule has 4 unspecified atom stereocenters. The van der Waals surface area contributed by atoms with E-state index in [0.717, 1.165) is 0 Å². The molecule has 18 heavy (non-hydrogen) atoms. The lowest BCUT2D eigenvalue weighted by Gasteiger charge is -2.42. The maximum Gasteiger partial charge on any atom is 0.303 e. The molecule has 2 rings (SSSR count). The van der Waals surface area contributed by atoms with Crippen LogP contribution in [0, 0.1) is 0 Å². The van der Waals surface area contributed by atoms with E-state index in [9.17, 15) is 9.59 Å². The smallest absolute Gasteiger partial charge is 0.303 e. The molecule has 0 aromatic rings. The van der Waals surface area contributed by atoms with Crippen LogP contribution in [0.15, 0.2) is 0 Å². The highest BCUT2D eigenvalue weighted by Gasteiger charge is 2.66. The highest BCUT2D eigenvalue weighted by atomic mass is 16.7. The summed E-state index contributed by atoms with van der Waals surface area (Å²) >= 11 is 0. The Morgan fingerprint density at radius 1 is 0.944 bits per heavy atom. The van der Waals surface area contributed by atoms with E-state index in [-0.39, 0.29) is 12.2 Å². The van der Waals surface area contributed by atoms with Gasteiger partial charge in [0.1, 0.15) is 12.2 Å². The van der Waals surface area contributed by atoms with Crippen molar-refractivity contribution in [3.63, 3.8) is 0 Å². The fourth-order valence-electron chi connectivity index (χ4n) is 2.30. The van der Waals surface area contributed by atoms with Gasteiger partial charge in [-0.15, -0.1) is 0 Å². The van der Waals surface area contributed by atoms with E-state index < -0.39 is 23.1 Å². The molecule has 2 heterocycles. The Hall–Kier alpha value is -1.14. The minimum atomic E-state index is -1.04. The Bertz CT molecular complexity index is 337. The molecule has 6 heteroatoms. The second-order valence-electron chi connectivity index (χ2n) is 5.05. The van der Waals surface area contributed by atoms with Crippen molar-refractivity contribution in [1.29, 1.82) is 0 Å². The minimum Gasteiger partial charge on any atom is -0.452 e. The van der Waals surface area contributed by atoms with Crippen LogP contribution in [0.1, 0.15) is 27.7 Å². The van der Waals surface area contributed by atoms with Gasteiger partial charge in [-0.25, -0.2) is 0 Å². The Labute approximate surface area is 106 Å². The first-order chi connectivity index (χ1) is 8.29. The van der Waals surface area contributed by atoms with Crippen LogP contribution in [0.2, 0.25) is 0 Å². The van der Waals surface area contributed by atoms with Crippen molar-refractivity contribution in [1.82, 2.24) is 0 Å². The lowest BCUT2D eigenvalue weighted by Crippen LogP contribution is -2.61. The van der Waals surface area contributed by atoms with Crippen LogP contribution in [-0.2, 0) is 28.5 Å². The van der Waals surface area contributed by atoms with Crippen molar-refractivity contribution >= 4 is 11.9 Å². The molecule has 0 N–H and O–H groups in total. The van der Waals surface area contributed by atoms with Crippen molar-refractivity contribution in [3.8, 4) is 0 Å². The molecule has 0 bridgehead atoms. The molecule has 2 fully saturated rings. The Morgan fingerprint density at radius 3 is 1.39 bits per heavy atom. The summed E-state index contributed by atoms with van der Waals surface area (Å²) in [5, 5.41) is 0. The average molecular weight is 258 g/mol. The summed E-state index contributed by atoms with van der Waals surface area (Å²) < 4.78 is 21.3. The average Bonchev–Trinajstić information content (AvgIpc) is 3.06. The molecule has 6 nitrogen and oxygen atoms in total. The summed E-state index contributed by atoms with van der Waals surface area (Å²) in [5.41, 5.74) is -2.07. The van der Waals surface area contributed by atoms with E-state index in [1.807, 2.05) is 0 Å². The SMILES string of the molecule is CC(=O)OC(C)(C1CO1)C(C)(OC(C)=O)C1CO1. The maximum absolute atomic E-state index is 11.3. The highest BCUT2D eigenvalue weighted by Crippen LogP contribution is 2.45. The standard InChI is InChI=1S/C12H18O6/c1-7(13)17-11(3,9-5-15-9)12(4,10-6-16-10)18-8(2)14/h9-10H,5-6H2,1-4H3. The maximum atomic E-state index is 11.3. The van der Waals surface area contributed by atoms with Gasteiger partial charge in [-0.3, -0.25) is 9.59 Å². The molecule has 0 aromatic carbocycles. The lowest BCUT2D eigenvalue weighted by atomic mass is 9.80. The van der Waals surface area contributed by atoms with Gasteiger partial charge in [0.05, 0.1) is 13.2 Å². The third-order valence-corrected chi connectivity index (χ3v) is 3.59. The molecule has 0 saturated carbocycles. The summed E-state index contributed by atoms with van der Waals surface area (Å²) in [6.07, 6.45) is -0.537. The third kappa shape index (κ3) is 2.22. The van der Waals surface area contributed by atoms with Gasteiger partial charge in [0.15, 0.2) is 11.2 Å². The van der Waals surface area contributed by atoms with E-state index in [4.69, 9.17) is 18.9 Å². The van der Waals surface area contributed by atoms with E-state index >= 15 is 0 Å². The van der Waals surface area contributed by atoms with Crippen LogP contribution in [0.4, 0.5) is 0 Å². The Kier molecular flexibility index (Phi) is 3.11. The number of carbonyl (C=O) groups excluding carboxylic acids is 2. The number of esters is 2. The van der Waals surface area contributed by atoms with Crippen molar-refractivity contribution in [2.75, 3.05) is 13.2 Å². The number of hydrogen-bond donors (Lipinski definition) is 0. The first kappa shape index (κ1) is 13.3. The van der Waals surface area contributed by atoms with Gasteiger partial charge in [0, 0.05) is 13.8 Å². The Balaban J connectivity index is 2.29. The van der Waals surface area contributed by atoms with Crippen molar-refractivity contribution < 1.29 is 28.5 Å². The number of rotatable bonds is 5. The van der Waals surface area contributed by atoms with Gasteiger partial charge < -0.3 is 18.9 Å². The minimum absolute atomic E-state index is 0.269. The van der Waals surface area contributed by atoms with Crippen LogP contribution in [-0.4, -0.2) is 48.6 Å². The van der Waals surface area contributed by atoms with Crippen molar-refractivity contribution in [3.05, 3.63) is 0 Å². The topological polar surface area (TPSA) is 77.7 Å². The van der Waals surface area contributed by atoms with E-state index in [0.29, 0.717) is 13.2 Å². The summed E-state index contributed by atoms with van der Waals surface area (Å²) in [4.78, 5) is 22.6. The van der Waals surface area contributed by atoms with Crippen LogP contribution < -0.4 is 0 Å². The summed E-state index contributed by atoms with van der Waals surface area (Å²) in [6, 6.07) is 0. The van der Waals surface area contributed by atoms with Gasteiger partial charge in [-0.2, -0.15) is 0 Å². The second kappa shape index (κ2) is 4.20. The van der Waals surface area contributed by atoms with Crippen LogP contribution in [0.25, 0.3) is 0 Å². The first-order valence-electron chi connectivity index (χ1n) is 5.92. The fraction of sp³-hybridized carbons (Fsp3) is 0.833. The van der Waals surface area contributed by atoms with Crippen molar-refractivity contribution in [2.45, 2.75) is 51.1 Å². The Morgan fingerprint density at radius 2 is 1.22 bits per heavy atom. The summed E-state index contributed by atoms with van der Waals surface area (Å²) in [5.74, 6) is -0.876. The fourth-order valence-corrected chi connectivity index (χ4v) is 2.30. The molecule has 0 spiro atoms. The van der Waals surface area contributed by atoms with Gasteiger partial charge in [-0.1, -0.05) is 0 Å². The molecule has 2 saturated heterocycles. The molecule has 2 aliphatic rings. The highest BCUT2D eigenvalue weighted by molar-refractivity contribution is 5.68. The van der Waals surface area contributed by atoms with Crippen LogP contribution in [0.3, 0.4) is 0 Å². The zero-order valence-corrected chi connectivity index (χ0v) is 11.0. The summed E-state index contributed by atoms with van der Waals surface area (Å²) in [7, 11) is 0. The summed E-state index contributed by atoms with van der Waals surface area (Å²) in [6.45, 7) is 7.04. The van der Waals surface area contributed by atoms with Crippen molar-refractivity contribution in [2.24, 2.45) is 0 Å². The molecule has 2 aliphatic heterocycles. The molecule has 0 amide bonds. The molecule has 102 valence electrons. The molecule has 0 aliphatic carbocycles. The zero-order valence-electron chi connectivity index (χ0n) is 11.0. The number of hydrogen-bond acceptors (Lipinski definition) is 6. The first-order valence-corrected chi connectivity index (χ1v) is 5.92. The third-order valence-electron chi connectivity index (χ3n) is 3.59. The predicted octanol–water partition coefficient (Wildman–Crippen LogP) is 0.428. The molecule has 4 atom stereocenters. The zero-order chi connectivity index (χ0) is 13.6. The van der Waals surface area contributed by atoms with Crippen LogP contribution >= 0.6 is 0 Å². The molecule has 0 aromatic heterocycles. The van der Waals surface area contributed by atoms with E-state index in [2.05, 4.69) is 0 Å². The quantitative estimate of drug-likeness (QED) is 0.525. The molecular formula is C12H18O6. The normalized spacial score (nSPS) is 31.8. The molecular weight excluding hydrogens is 240 g/mol. The van der Waals surface area contributed by atoms with E-state index in [1.165, 1.54) is 13.8 Å². The lowest BCUT2D eigenvalue weighted by molar-refractivity contribution is -0.213. The monoisotopic (exact) mass is 258 g/mol. The van der Waals surface area contributed by atoms with Gasteiger partial charge in [-0.05, 0) is 13.8 Å².